The lowest BCUT2D eigenvalue weighted by molar-refractivity contribution is 0.0716. The maximum atomic E-state index is 13.3. The van der Waals surface area contributed by atoms with Crippen LogP contribution in [-0.4, -0.2) is 35.8 Å². The Labute approximate surface area is 342 Å². The predicted octanol–water partition coefficient (Wildman–Crippen LogP) is 9.00. The van der Waals surface area contributed by atoms with Crippen LogP contribution in [0.3, 0.4) is 0 Å². The van der Waals surface area contributed by atoms with Gasteiger partial charge in [-0.1, -0.05) is 54.6 Å². The summed E-state index contributed by atoms with van der Waals surface area (Å²) in [5, 5.41) is 0. The van der Waals surface area contributed by atoms with E-state index < -0.39 is 35.8 Å². The van der Waals surface area contributed by atoms with Crippen molar-refractivity contribution < 1.29 is 57.2 Å². The lowest BCUT2D eigenvalue weighted by Gasteiger charge is -2.12. The molecule has 0 fully saturated rings. The maximum absolute atomic E-state index is 13.3. The molecule has 0 aliphatic heterocycles. The highest BCUT2D eigenvalue weighted by Crippen LogP contribution is 2.31. The SMILES string of the molecule is O=C(Oc1ccc(C(=O)Oc2cc(OC(=O)c3ccc(OC(=O)c4ccccc4)cc3)cc(OC(=O)c3ccc(OC(=O)c4ccccc4)cc3)c2)cc1)c1ccccc1. The van der Waals surface area contributed by atoms with Crippen LogP contribution in [0.1, 0.15) is 62.1 Å². The number of hydrogen-bond acceptors (Lipinski definition) is 12. The first-order valence-corrected chi connectivity index (χ1v) is 18.1. The average molecular weight is 799 g/mol. The first-order valence-electron chi connectivity index (χ1n) is 18.1. The Morgan fingerprint density at radius 3 is 0.617 bits per heavy atom. The van der Waals surface area contributed by atoms with Gasteiger partial charge in [-0.15, -0.1) is 0 Å². The molecule has 0 amide bonds. The second-order valence-corrected chi connectivity index (χ2v) is 12.6. The number of carbonyl (C=O) groups excluding carboxylic acids is 6. The van der Waals surface area contributed by atoms with E-state index in [0.29, 0.717) is 16.7 Å². The molecule has 0 saturated heterocycles. The molecule has 0 N–H and O–H groups in total. The van der Waals surface area contributed by atoms with Crippen LogP contribution >= 0.6 is 0 Å². The van der Waals surface area contributed by atoms with Gasteiger partial charge >= 0.3 is 35.8 Å². The highest BCUT2D eigenvalue weighted by molar-refractivity contribution is 5.95. The number of benzene rings is 7. The van der Waals surface area contributed by atoms with E-state index in [1.807, 2.05) is 0 Å². The van der Waals surface area contributed by atoms with Crippen molar-refractivity contribution in [2.24, 2.45) is 0 Å². The summed E-state index contributed by atoms with van der Waals surface area (Å²) in [5.74, 6) is -4.14. The van der Waals surface area contributed by atoms with Crippen LogP contribution in [-0.2, 0) is 0 Å². The molecule has 0 bridgehead atoms. The fourth-order valence-corrected chi connectivity index (χ4v) is 5.42. The molecule has 60 heavy (non-hydrogen) atoms. The van der Waals surface area contributed by atoms with Gasteiger partial charge < -0.3 is 28.4 Å². The Morgan fingerprint density at radius 1 is 0.217 bits per heavy atom. The van der Waals surface area contributed by atoms with Gasteiger partial charge in [-0.25, -0.2) is 28.8 Å². The molecule has 0 atom stereocenters. The third-order valence-corrected chi connectivity index (χ3v) is 8.42. The van der Waals surface area contributed by atoms with Crippen molar-refractivity contribution in [3.63, 3.8) is 0 Å². The summed E-state index contributed by atoms with van der Waals surface area (Å²) in [6, 6.07) is 45.8. The van der Waals surface area contributed by atoms with Gasteiger partial charge in [-0.3, -0.25) is 0 Å². The molecule has 7 aromatic rings. The van der Waals surface area contributed by atoms with E-state index in [0.717, 1.165) is 0 Å². The molecule has 0 radical (unpaired) electrons. The Bertz CT molecular complexity index is 2350. The number of esters is 6. The minimum atomic E-state index is -0.835. The summed E-state index contributed by atoms with van der Waals surface area (Å²) in [6.45, 7) is 0. The molecule has 0 aliphatic carbocycles. The van der Waals surface area contributed by atoms with Crippen LogP contribution in [0.25, 0.3) is 0 Å². The molecule has 0 aliphatic rings. The van der Waals surface area contributed by atoms with Gasteiger partial charge in [-0.05, 0) is 109 Å². The lowest BCUT2D eigenvalue weighted by Crippen LogP contribution is -2.13. The summed E-state index contributed by atoms with van der Waals surface area (Å²) < 4.78 is 32.9. The van der Waals surface area contributed by atoms with Gasteiger partial charge in [0.15, 0.2) is 0 Å². The second-order valence-electron chi connectivity index (χ2n) is 12.6. The number of carbonyl (C=O) groups is 6. The Kier molecular flexibility index (Phi) is 12.2. The monoisotopic (exact) mass is 798 g/mol. The zero-order valence-corrected chi connectivity index (χ0v) is 31.2. The highest BCUT2D eigenvalue weighted by Gasteiger charge is 2.19. The van der Waals surface area contributed by atoms with E-state index in [1.54, 1.807) is 91.0 Å². The van der Waals surface area contributed by atoms with Crippen LogP contribution in [0, 0.1) is 0 Å². The van der Waals surface area contributed by atoms with Gasteiger partial charge in [0, 0.05) is 18.2 Å². The molecule has 12 heteroatoms. The molecule has 0 spiro atoms. The zero-order valence-electron chi connectivity index (χ0n) is 31.2. The topological polar surface area (TPSA) is 158 Å². The molecule has 7 aromatic carbocycles. The number of ether oxygens (including phenoxy) is 6. The lowest BCUT2D eigenvalue weighted by atomic mass is 10.2. The predicted molar refractivity (Wildman–Crippen MR) is 215 cm³/mol. The van der Waals surface area contributed by atoms with Crippen molar-refractivity contribution in [3.05, 3.63) is 215 Å². The molecule has 0 heterocycles. The quantitative estimate of drug-likeness (QED) is 0.0855. The van der Waals surface area contributed by atoms with E-state index in [-0.39, 0.29) is 51.2 Å². The molecular weight excluding hydrogens is 769 g/mol. The highest BCUT2D eigenvalue weighted by atomic mass is 16.6. The zero-order chi connectivity index (χ0) is 41.8. The van der Waals surface area contributed by atoms with Crippen molar-refractivity contribution in [1.29, 1.82) is 0 Å². The van der Waals surface area contributed by atoms with E-state index in [9.17, 15) is 28.8 Å². The van der Waals surface area contributed by atoms with Gasteiger partial charge in [0.25, 0.3) is 0 Å². The largest absolute Gasteiger partial charge is 0.423 e. The van der Waals surface area contributed by atoms with Crippen molar-refractivity contribution in [2.45, 2.75) is 0 Å². The van der Waals surface area contributed by atoms with Crippen LogP contribution in [0.4, 0.5) is 0 Å². The first-order chi connectivity index (χ1) is 29.2. The summed E-state index contributed by atoms with van der Waals surface area (Å²) in [6.07, 6.45) is 0. The van der Waals surface area contributed by atoms with Gasteiger partial charge in [0.2, 0.25) is 0 Å². The Hall–Kier alpha value is -8.64. The van der Waals surface area contributed by atoms with E-state index in [2.05, 4.69) is 0 Å². The Morgan fingerprint density at radius 2 is 0.400 bits per heavy atom. The third-order valence-electron chi connectivity index (χ3n) is 8.42. The minimum Gasteiger partial charge on any atom is -0.423 e. The molecule has 0 unspecified atom stereocenters. The molecule has 12 nitrogen and oxygen atoms in total. The normalized spacial score (nSPS) is 10.4. The van der Waals surface area contributed by atoms with Crippen molar-refractivity contribution >= 4 is 35.8 Å². The number of hydrogen-bond donors (Lipinski definition) is 0. The number of rotatable bonds is 12. The second kappa shape index (κ2) is 18.5. The fraction of sp³-hybridized carbons (Fsp3) is 0. The standard InChI is InChI=1S/C48H30O12/c49-43(31-10-4-1-5-11-31)55-37-22-16-34(17-23-37)46(52)58-40-28-41(59-47(53)35-18-24-38(25-19-35)56-44(50)32-12-6-2-7-13-32)30-42(29-40)60-48(54)36-20-26-39(27-21-36)57-45(51)33-14-8-3-9-15-33/h1-30H. The van der Waals surface area contributed by atoms with Gasteiger partial charge in [0.05, 0.1) is 33.4 Å². The van der Waals surface area contributed by atoms with Crippen LogP contribution in [0.2, 0.25) is 0 Å². The first kappa shape index (κ1) is 39.6. The van der Waals surface area contributed by atoms with Gasteiger partial charge in [-0.2, -0.15) is 0 Å². The maximum Gasteiger partial charge on any atom is 0.343 e. The summed E-state index contributed by atoms with van der Waals surface area (Å²) in [4.78, 5) is 77.1. The summed E-state index contributed by atoms with van der Waals surface area (Å²) in [7, 11) is 0. The van der Waals surface area contributed by atoms with E-state index in [1.165, 1.54) is 91.0 Å². The van der Waals surface area contributed by atoms with Gasteiger partial charge in [0.1, 0.15) is 34.5 Å². The van der Waals surface area contributed by atoms with E-state index >= 15 is 0 Å². The van der Waals surface area contributed by atoms with Crippen LogP contribution in [0.15, 0.2) is 182 Å². The summed E-state index contributed by atoms with van der Waals surface area (Å²) >= 11 is 0. The Balaban J connectivity index is 1.06. The van der Waals surface area contributed by atoms with Crippen LogP contribution < -0.4 is 28.4 Å². The van der Waals surface area contributed by atoms with Crippen molar-refractivity contribution in [1.82, 2.24) is 0 Å². The summed E-state index contributed by atoms with van der Waals surface area (Å²) in [5.41, 5.74) is 1.28. The smallest absolute Gasteiger partial charge is 0.343 e. The van der Waals surface area contributed by atoms with Crippen molar-refractivity contribution in [3.8, 4) is 34.5 Å². The minimum absolute atomic E-state index is 0.0801. The molecule has 0 aromatic heterocycles. The third kappa shape index (κ3) is 10.4. The van der Waals surface area contributed by atoms with E-state index in [4.69, 9.17) is 28.4 Å². The molecule has 0 saturated carbocycles. The molecule has 294 valence electrons. The van der Waals surface area contributed by atoms with Crippen molar-refractivity contribution in [2.75, 3.05) is 0 Å². The molecular formula is C48H30O12. The fourth-order valence-electron chi connectivity index (χ4n) is 5.42. The van der Waals surface area contributed by atoms with Crippen LogP contribution in [0.5, 0.6) is 34.5 Å². The average Bonchev–Trinajstić information content (AvgIpc) is 3.28. The molecule has 7 rings (SSSR count).